The monoisotopic (exact) mass is 445 g/mol. The molecule has 0 radical (unpaired) electrons. The molecule has 2 aromatic carbocycles. The number of hydrogen-bond acceptors (Lipinski definition) is 3. The fourth-order valence-electron chi connectivity index (χ4n) is 2.75. The maximum absolute atomic E-state index is 6.22. The van der Waals surface area contributed by atoms with Crippen molar-refractivity contribution in [2.75, 3.05) is 13.2 Å². The summed E-state index contributed by atoms with van der Waals surface area (Å²) in [4.78, 5) is 0. The summed E-state index contributed by atoms with van der Waals surface area (Å²) in [6.07, 6.45) is 5.07. The number of unbranched alkanes of at least 4 members (excludes halogenated alkanes) is 3. The molecule has 0 saturated carbocycles. The molecule has 0 saturated heterocycles. The summed E-state index contributed by atoms with van der Waals surface area (Å²) >= 11 is 12.2. The first-order valence-electron chi connectivity index (χ1n) is 9.67. The molecule has 156 valence electrons. The average molecular weight is 447 g/mol. The van der Waals surface area contributed by atoms with Gasteiger partial charge in [-0.2, -0.15) is 0 Å². The Balaban J connectivity index is 0.00000392. The maximum atomic E-state index is 6.22. The van der Waals surface area contributed by atoms with Gasteiger partial charge in [-0.1, -0.05) is 61.5 Å². The van der Waals surface area contributed by atoms with Gasteiger partial charge < -0.3 is 14.8 Å². The molecule has 6 heteroatoms. The average Bonchev–Trinajstić information content (AvgIpc) is 2.65. The minimum atomic E-state index is 0. The summed E-state index contributed by atoms with van der Waals surface area (Å²) in [6.45, 7) is 7.02. The van der Waals surface area contributed by atoms with Crippen LogP contribution < -0.4 is 14.8 Å². The molecule has 0 atom stereocenters. The van der Waals surface area contributed by atoms with E-state index in [2.05, 4.69) is 18.3 Å². The normalized spacial score (nSPS) is 10.4. The van der Waals surface area contributed by atoms with E-state index in [1.54, 1.807) is 6.07 Å². The Hall–Kier alpha value is -1.13. The van der Waals surface area contributed by atoms with Crippen molar-refractivity contribution in [2.45, 2.75) is 52.7 Å². The number of benzene rings is 2. The van der Waals surface area contributed by atoms with Crippen LogP contribution in [0.1, 0.15) is 50.7 Å². The third-order valence-electron chi connectivity index (χ3n) is 4.24. The molecule has 2 aromatic rings. The standard InChI is InChI=1S/C22H29Cl2NO2.ClH/c1-3-5-6-7-12-25-15-17-8-11-21(22(13-17)26-4-2)27-16-18-9-10-19(23)14-20(18)24;/h8-11,13-14,25H,3-7,12,15-16H2,1-2H3;1H. The van der Waals surface area contributed by atoms with Gasteiger partial charge in [0.15, 0.2) is 11.5 Å². The lowest BCUT2D eigenvalue weighted by Crippen LogP contribution is -2.14. The number of ether oxygens (including phenoxy) is 2. The van der Waals surface area contributed by atoms with E-state index in [1.807, 2.05) is 31.2 Å². The summed E-state index contributed by atoms with van der Waals surface area (Å²) in [5.41, 5.74) is 2.08. The van der Waals surface area contributed by atoms with E-state index in [0.717, 1.165) is 30.2 Å². The summed E-state index contributed by atoms with van der Waals surface area (Å²) in [6, 6.07) is 11.5. The number of halogens is 3. The van der Waals surface area contributed by atoms with Gasteiger partial charge in [-0.3, -0.25) is 0 Å². The van der Waals surface area contributed by atoms with Crippen LogP contribution in [0.15, 0.2) is 36.4 Å². The van der Waals surface area contributed by atoms with E-state index in [4.69, 9.17) is 32.7 Å². The predicted octanol–water partition coefficient (Wildman–Crippen LogP) is 7.06. The van der Waals surface area contributed by atoms with Crippen LogP contribution in [0, 0.1) is 0 Å². The van der Waals surface area contributed by atoms with Crippen LogP contribution in [0.2, 0.25) is 10.0 Å². The van der Waals surface area contributed by atoms with Crippen LogP contribution in [-0.4, -0.2) is 13.2 Å². The third kappa shape index (κ3) is 8.48. The Morgan fingerprint density at radius 3 is 2.43 bits per heavy atom. The predicted molar refractivity (Wildman–Crippen MR) is 122 cm³/mol. The topological polar surface area (TPSA) is 30.5 Å². The second-order valence-electron chi connectivity index (χ2n) is 6.48. The molecule has 0 aliphatic rings. The first-order valence-corrected chi connectivity index (χ1v) is 10.4. The van der Waals surface area contributed by atoms with Crippen molar-refractivity contribution >= 4 is 35.6 Å². The van der Waals surface area contributed by atoms with Gasteiger partial charge in [0.1, 0.15) is 6.61 Å². The van der Waals surface area contributed by atoms with E-state index in [0.29, 0.717) is 23.3 Å². The highest BCUT2D eigenvalue weighted by Crippen LogP contribution is 2.30. The van der Waals surface area contributed by atoms with Gasteiger partial charge in [-0.25, -0.2) is 0 Å². The fraction of sp³-hybridized carbons (Fsp3) is 0.455. The highest BCUT2D eigenvalue weighted by Gasteiger charge is 2.09. The zero-order valence-electron chi connectivity index (χ0n) is 16.6. The quantitative estimate of drug-likeness (QED) is 0.354. The van der Waals surface area contributed by atoms with E-state index >= 15 is 0 Å². The molecule has 0 aromatic heterocycles. The molecule has 0 fully saturated rings. The highest BCUT2D eigenvalue weighted by atomic mass is 35.5. The first-order chi connectivity index (χ1) is 13.1. The van der Waals surface area contributed by atoms with Crippen molar-refractivity contribution in [3.63, 3.8) is 0 Å². The minimum absolute atomic E-state index is 0. The second-order valence-corrected chi connectivity index (χ2v) is 7.32. The molecule has 2 rings (SSSR count). The molecule has 1 N–H and O–H groups in total. The van der Waals surface area contributed by atoms with Crippen LogP contribution in [0.25, 0.3) is 0 Å². The number of hydrogen-bond donors (Lipinski definition) is 1. The number of rotatable bonds is 12. The largest absolute Gasteiger partial charge is 0.490 e. The van der Waals surface area contributed by atoms with Crippen molar-refractivity contribution in [2.24, 2.45) is 0 Å². The summed E-state index contributed by atoms with van der Waals surface area (Å²) < 4.78 is 11.7. The van der Waals surface area contributed by atoms with Crippen molar-refractivity contribution in [3.8, 4) is 11.5 Å². The lowest BCUT2D eigenvalue weighted by Gasteiger charge is -2.14. The van der Waals surface area contributed by atoms with Crippen molar-refractivity contribution < 1.29 is 9.47 Å². The van der Waals surface area contributed by atoms with E-state index in [9.17, 15) is 0 Å². The third-order valence-corrected chi connectivity index (χ3v) is 4.83. The van der Waals surface area contributed by atoms with E-state index in [-0.39, 0.29) is 12.4 Å². The Kier molecular flexibility index (Phi) is 12.4. The van der Waals surface area contributed by atoms with Gasteiger partial charge in [-0.05, 0) is 49.7 Å². The Labute approximate surface area is 185 Å². The van der Waals surface area contributed by atoms with Crippen LogP contribution >= 0.6 is 35.6 Å². The summed E-state index contributed by atoms with van der Waals surface area (Å²) in [5.74, 6) is 1.47. The molecule has 0 spiro atoms. The molecule has 0 aliphatic heterocycles. The molecular weight excluding hydrogens is 417 g/mol. The van der Waals surface area contributed by atoms with Gasteiger partial charge >= 0.3 is 0 Å². The van der Waals surface area contributed by atoms with Crippen LogP contribution in [0.5, 0.6) is 11.5 Å². The van der Waals surface area contributed by atoms with E-state index in [1.165, 1.54) is 31.2 Å². The van der Waals surface area contributed by atoms with Gasteiger partial charge in [-0.15, -0.1) is 12.4 Å². The SMILES string of the molecule is CCCCCCNCc1ccc(OCc2ccc(Cl)cc2Cl)c(OCC)c1.Cl. The lowest BCUT2D eigenvalue weighted by atomic mass is 10.2. The smallest absolute Gasteiger partial charge is 0.161 e. The van der Waals surface area contributed by atoms with Crippen LogP contribution in [0.4, 0.5) is 0 Å². The van der Waals surface area contributed by atoms with Crippen LogP contribution in [-0.2, 0) is 13.2 Å². The minimum Gasteiger partial charge on any atom is -0.490 e. The molecule has 0 amide bonds. The maximum Gasteiger partial charge on any atom is 0.161 e. The lowest BCUT2D eigenvalue weighted by molar-refractivity contribution is 0.269. The number of nitrogens with one attached hydrogen (secondary N) is 1. The zero-order chi connectivity index (χ0) is 19.5. The molecule has 0 unspecified atom stereocenters. The molecule has 3 nitrogen and oxygen atoms in total. The van der Waals surface area contributed by atoms with Crippen LogP contribution in [0.3, 0.4) is 0 Å². The van der Waals surface area contributed by atoms with Gasteiger partial charge in [0.2, 0.25) is 0 Å². The molecular formula is C22H30Cl3NO2. The van der Waals surface area contributed by atoms with Crippen molar-refractivity contribution in [1.29, 1.82) is 0 Å². The van der Waals surface area contributed by atoms with Gasteiger partial charge in [0, 0.05) is 22.2 Å². The Bertz CT molecular complexity index is 710. The molecule has 0 bridgehead atoms. The molecule has 0 aliphatic carbocycles. The summed E-state index contributed by atoms with van der Waals surface area (Å²) in [7, 11) is 0. The fourth-order valence-corrected chi connectivity index (χ4v) is 3.22. The molecule has 0 heterocycles. The highest BCUT2D eigenvalue weighted by molar-refractivity contribution is 6.35. The Morgan fingerprint density at radius 2 is 1.71 bits per heavy atom. The first kappa shape index (κ1) is 24.9. The zero-order valence-corrected chi connectivity index (χ0v) is 18.9. The molecule has 28 heavy (non-hydrogen) atoms. The van der Waals surface area contributed by atoms with Crippen molar-refractivity contribution in [1.82, 2.24) is 5.32 Å². The summed E-state index contributed by atoms with van der Waals surface area (Å²) in [5, 5.41) is 4.71. The van der Waals surface area contributed by atoms with Gasteiger partial charge in [0.05, 0.1) is 6.61 Å². The Morgan fingerprint density at radius 1 is 0.893 bits per heavy atom. The van der Waals surface area contributed by atoms with Gasteiger partial charge in [0.25, 0.3) is 0 Å². The van der Waals surface area contributed by atoms with Crippen molar-refractivity contribution in [3.05, 3.63) is 57.6 Å². The second kappa shape index (κ2) is 13.9. The van der Waals surface area contributed by atoms with E-state index < -0.39 is 0 Å².